The van der Waals surface area contributed by atoms with Gasteiger partial charge < -0.3 is 0 Å². The topological polar surface area (TPSA) is 73.4 Å². The lowest BCUT2D eigenvalue weighted by molar-refractivity contribution is 1.09. The van der Waals surface area contributed by atoms with Gasteiger partial charge in [0.15, 0.2) is 0 Å². The first-order valence-electron chi connectivity index (χ1n) is 2.50. The summed E-state index contributed by atoms with van der Waals surface area (Å²) in [5, 5.41) is 16.6. The zero-order valence-corrected chi connectivity index (χ0v) is 4.94. The highest BCUT2D eigenvalue weighted by molar-refractivity contribution is 5.21. The molecule has 0 saturated heterocycles. The van der Waals surface area contributed by atoms with Gasteiger partial charge in [0, 0.05) is 6.20 Å². The van der Waals surface area contributed by atoms with E-state index in [1.54, 1.807) is 12.1 Å². The van der Waals surface area contributed by atoms with Crippen molar-refractivity contribution >= 4 is 0 Å². The van der Waals surface area contributed by atoms with Crippen LogP contribution < -0.4 is 0 Å². The van der Waals surface area contributed by atoms with E-state index in [0.29, 0.717) is 0 Å². The van der Waals surface area contributed by atoms with Crippen molar-refractivity contribution in [1.29, 1.82) is 10.5 Å². The van der Waals surface area contributed by atoms with Gasteiger partial charge in [-0.05, 0) is 6.07 Å². The van der Waals surface area contributed by atoms with Gasteiger partial charge >= 0.3 is 0 Å². The second-order valence-electron chi connectivity index (χ2n) is 1.49. The standard InChI is InChI=1S/C6H2N4/c7-3-5-1-2-9-6(4-8)10-5/h1-2H. The van der Waals surface area contributed by atoms with Crippen LogP contribution in [-0.4, -0.2) is 9.97 Å². The third-order valence-corrected chi connectivity index (χ3v) is 0.870. The third-order valence-electron chi connectivity index (χ3n) is 0.870. The minimum Gasteiger partial charge on any atom is -0.227 e. The van der Waals surface area contributed by atoms with Gasteiger partial charge in [-0.25, -0.2) is 9.97 Å². The molecular formula is C6H2N4. The average molecular weight is 130 g/mol. The van der Waals surface area contributed by atoms with Crippen LogP contribution in [0.3, 0.4) is 0 Å². The molecular weight excluding hydrogens is 128 g/mol. The van der Waals surface area contributed by atoms with Gasteiger partial charge in [-0.3, -0.25) is 0 Å². The lowest BCUT2D eigenvalue weighted by Crippen LogP contribution is -1.89. The van der Waals surface area contributed by atoms with Crippen LogP contribution in [0.15, 0.2) is 12.3 Å². The quantitative estimate of drug-likeness (QED) is 0.503. The van der Waals surface area contributed by atoms with Gasteiger partial charge in [0.05, 0.1) is 0 Å². The fraction of sp³-hybridized carbons (Fsp3) is 0. The van der Waals surface area contributed by atoms with Gasteiger partial charge in [-0.1, -0.05) is 0 Å². The van der Waals surface area contributed by atoms with E-state index in [0.717, 1.165) is 0 Å². The van der Waals surface area contributed by atoms with E-state index < -0.39 is 0 Å². The van der Waals surface area contributed by atoms with Crippen molar-refractivity contribution < 1.29 is 0 Å². The van der Waals surface area contributed by atoms with Crippen LogP contribution in [0.5, 0.6) is 0 Å². The highest BCUT2D eigenvalue weighted by Gasteiger charge is 1.93. The van der Waals surface area contributed by atoms with E-state index in [1.165, 1.54) is 12.3 Å². The SMILES string of the molecule is N#Cc1ccnc(C#N)n1. The smallest absolute Gasteiger partial charge is 0.227 e. The number of nitrogens with zero attached hydrogens (tertiary/aromatic N) is 4. The molecule has 1 aromatic rings. The molecule has 1 heterocycles. The molecule has 1 aromatic heterocycles. The Morgan fingerprint density at radius 3 is 2.70 bits per heavy atom. The van der Waals surface area contributed by atoms with Crippen LogP contribution in [0, 0.1) is 22.7 Å². The van der Waals surface area contributed by atoms with Gasteiger partial charge in [0.2, 0.25) is 5.82 Å². The Bertz CT molecular complexity index is 288. The molecule has 46 valence electrons. The molecule has 0 amide bonds. The van der Waals surface area contributed by atoms with E-state index in [1.807, 2.05) is 0 Å². The fourth-order valence-corrected chi connectivity index (χ4v) is 0.475. The third kappa shape index (κ3) is 1.07. The molecule has 0 unspecified atom stereocenters. The summed E-state index contributed by atoms with van der Waals surface area (Å²) in [6.45, 7) is 0. The minimum atomic E-state index is 0.0269. The summed E-state index contributed by atoms with van der Waals surface area (Å²) >= 11 is 0. The van der Waals surface area contributed by atoms with Gasteiger partial charge in [-0.2, -0.15) is 10.5 Å². The van der Waals surface area contributed by atoms with E-state index in [9.17, 15) is 0 Å². The van der Waals surface area contributed by atoms with Crippen LogP contribution in [-0.2, 0) is 0 Å². The van der Waals surface area contributed by atoms with Crippen molar-refractivity contribution in [3.8, 4) is 12.1 Å². The molecule has 0 saturated carbocycles. The predicted molar refractivity (Wildman–Crippen MR) is 31.5 cm³/mol. The van der Waals surface area contributed by atoms with E-state index in [4.69, 9.17) is 10.5 Å². The normalized spacial score (nSPS) is 7.80. The molecule has 0 N–H and O–H groups in total. The average Bonchev–Trinajstić information content (AvgIpc) is 2.05. The second-order valence-corrected chi connectivity index (χ2v) is 1.49. The van der Waals surface area contributed by atoms with Gasteiger partial charge in [-0.15, -0.1) is 0 Å². The number of aromatic nitrogens is 2. The Kier molecular flexibility index (Phi) is 1.58. The van der Waals surface area contributed by atoms with Gasteiger partial charge in [0.1, 0.15) is 17.8 Å². The largest absolute Gasteiger partial charge is 0.233 e. The summed E-state index contributed by atoms with van der Waals surface area (Å²) in [4.78, 5) is 7.16. The molecule has 0 spiro atoms. The Morgan fingerprint density at radius 1 is 1.30 bits per heavy atom. The molecule has 0 radical (unpaired) electrons. The maximum absolute atomic E-state index is 8.31. The Morgan fingerprint density at radius 2 is 2.10 bits per heavy atom. The summed E-state index contributed by atoms with van der Waals surface area (Å²) in [6.07, 6.45) is 1.38. The van der Waals surface area contributed by atoms with Crippen molar-refractivity contribution in [3.63, 3.8) is 0 Å². The molecule has 0 aliphatic heterocycles. The van der Waals surface area contributed by atoms with E-state index in [2.05, 4.69) is 9.97 Å². The monoisotopic (exact) mass is 130 g/mol. The maximum atomic E-state index is 8.31. The Balaban J connectivity index is 3.17. The van der Waals surface area contributed by atoms with Gasteiger partial charge in [0.25, 0.3) is 0 Å². The van der Waals surface area contributed by atoms with E-state index >= 15 is 0 Å². The number of rotatable bonds is 0. The fourth-order valence-electron chi connectivity index (χ4n) is 0.475. The molecule has 0 atom stereocenters. The highest BCUT2D eigenvalue weighted by atomic mass is 14.9. The molecule has 4 nitrogen and oxygen atoms in total. The number of hydrogen-bond acceptors (Lipinski definition) is 4. The molecule has 0 aromatic carbocycles. The van der Waals surface area contributed by atoms with Crippen molar-refractivity contribution in [3.05, 3.63) is 23.8 Å². The Hall–Kier alpha value is -1.94. The van der Waals surface area contributed by atoms with Crippen LogP contribution in [0.25, 0.3) is 0 Å². The molecule has 0 fully saturated rings. The van der Waals surface area contributed by atoms with Crippen molar-refractivity contribution in [2.75, 3.05) is 0 Å². The summed E-state index contributed by atoms with van der Waals surface area (Å²) in [5.74, 6) is 0.0269. The molecule has 0 aliphatic rings. The lowest BCUT2D eigenvalue weighted by atomic mass is 10.4. The number of hydrogen-bond donors (Lipinski definition) is 0. The minimum absolute atomic E-state index is 0.0269. The van der Waals surface area contributed by atoms with Crippen LogP contribution in [0.2, 0.25) is 0 Å². The second kappa shape index (κ2) is 2.56. The van der Waals surface area contributed by atoms with E-state index in [-0.39, 0.29) is 11.5 Å². The predicted octanol–water partition coefficient (Wildman–Crippen LogP) is 0.220. The zero-order chi connectivity index (χ0) is 7.40. The van der Waals surface area contributed by atoms with Crippen molar-refractivity contribution in [2.45, 2.75) is 0 Å². The van der Waals surface area contributed by atoms with Crippen LogP contribution >= 0.6 is 0 Å². The summed E-state index contributed by atoms with van der Waals surface area (Å²) in [6, 6.07) is 4.97. The summed E-state index contributed by atoms with van der Waals surface area (Å²) in [5.41, 5.74) is 0.214. The lowest BCUT2D eigenvalue weighted by Gasteiger charge is -1.85. The highest BCUT2D eigenvalue weighted by Crippen LogP contribution is 1.90. The van der Waals surface area contributed by atoms with Crippen LogP contribution in [0.1, 0.15) is 11.5 Å². The number of nitriles is 2. The molecule has 10 heavy (non-hydrogen) atoms. The first-order valence-corrected chi connectivity index (χ1v) is 2.50. The molecule has 1 rings (SSSR count). The molecule has 0 aliphatic carbocycles. The van der Waals surface area contributed by atoms with Crippen molar-refractivity contribution in [1.82, 2.24) is 9.97 Å². The Labute approximate surface area is 57.4 Å². The summed E-state index contributed by atoms with van der Waals surface area (Å²) < 4.78 is 0. The maximum Gasteiger partial charge on any atom is 0.233 e. The molecule has 0 bridgehead atoms. The summed E-state index contributed by atoms with van der Waals surface area (Å²) in [7, 11) is 0. The van der Waals surface area contributed by atoms with Crippen LogP contribution in [0.4, 0.5) is 0 Å². The molecule has 4 heteroatoms. The first kappa shape index (κ1) is 6.18. The van der Waals surface area contributed by atoms with Crippen molar-refractivity contribution in [2.24, 2.45) is 0 Å². The first-order chi connectivity index (χ1) is 4.86. The zero-order valence-electron chi connectivity index (χ0n) is 4.94.